The second-order valence-electron chi connectivity index (χ2n) is 9.49. The number of rotatable bonds is 9. The summed E-state index contributed by atoms with van der Waals surface area (Å²) < 4.78 is 11.9. The fraction of sp³-hybridized carbons (Fsp3) is 0.345. The van der Waals surface area contributed by atoms with Gasteiger partial charge >= 0.3 is 0 Å². The Hall–Kier alpha value is -2.34. The number of para-hydroxylation sites is 1. The number of nitrogens with one attached hydrogen (secondary N) is 2. The Morgan fingerprint density at radius 3 is 1.67 bits per heavy atom. The molecule has 0 aromatic heterocycles. The molecule has 0 aliphatic carbocycles. The molecule has 0 saturated carbocycles. The molecule has 1 saturated heterocycles. The minimum Gasteiger partial charge on any atom is -0.360 e. The first-order valence-corrected chi connectivity index (χ1v) is 14.2. The Morgan fingerprint density at radius 1 is 0.778 bits per heavy atom. The molecule has 0 bridgehead atoms. The lowest BCUT2D eigenvalue weighted by Crippen LogP contribution is -2.33. The number of benzene rings is 3. The molecule has 3 aromatic carbocycles. The third-order valence-electron chi connectivity index (χ3n) is 6.23. The Balaban J connectivity index is 1.54. The molecule has 2 N–H and O–H groups in total. The Kier molecular flexibility index (Phi) is 9.47. The summed E-state index contributed by atoms with van der Waals surface area (Å²) in [5.41, 5.74) is 3.63. The van der Waals surface area contributed by atoms with Crippen LogP contribution >= 0.6 is 20.7 Å². The Bertz CT molecular complexity index is 1030. The molecule has 0 spiro atoms. The molecule has 0 radical (unpaired) electrons. The van der Waals surface area contributed by atoms with Gasteiger partial charge in [-0.25, -0.2) is 9.34 Å². The highest BCUT2D eigenvalue weighted by molar-refractivity contribution is 7.80. The molecule has 1 heterocycles. The lowest BCUT2D eigenvalue weighted by atomic mass is 9.92. The van der Waals surface area contributed by atoms with Gasteiger partial charge < -0.3 is 15.2 Å². The second kappa shape index (κ2) is 12.8. The third-order valence-corrected chi connectivity index (χ3v) is 9.10. The van der Waals surface area contributed by atoms with Crippen molar-refractivity contribution in [1.82, 2.24) is 14.7 Å². The molecule has 0 amide bonds. The highest BCUT2D eigenvalue weighted by Crippen LogP contribution is 2.66. The van der Waals surface area contributed by atoms with Crippen molar-refractivity contribution in [2.45, 2.75) is 51.9 Å². The molecule has 1 aliphatic heterocycles. The Morgan fingerprint density at radius 2 is 1.22 bits per heavy atom. The fourth-order valence-electron chi connectivity index (χ4n) is 4.75. The average molecular weight is 521 g/mol. The number of thiocarbonyl (C=S) groups is 1. The van der Waals surface area contributed by atoms with Crippen LogP contribution in [0.15, 0.2) is 91.0 Å². The van der Waals surface area contributed by atoms with E-state index in [9.17, 15) is 0 Å². The quantitative estimate of drug-likeness (QED) is 0.178. The molecule has 4 rings (SSSR count). The van der Waals surface area contributed by atoms with Crippen molar-refractivity contribution in [3.63, 3.8) is 0 Å². The minimum absolute atomic E-state index is 0.205. The molecule has 7 heteroatoms. The van der Waals surface area contributed by atoms with E-state index >= 15 is 0 Å². The van der Waals surface area contributed by atoms with Crippen LogP contribution in [0.25, 0.3) is 0 Å². The smallest absolute Gasteiger partial charge is 0.189 e. The number of hydrogen-bond acceptors (Lipinski definition) is 4. The van der Waals surface area contributed by atoms with Crippen LogP contribution in [0.5, 0.6) is 0 Å². The van der Waals surface area contributed by atoms with Gasteiger partial charge in [0.1, 0.15) is 0 Å². The standard InChI is InChI=1S/C29H37N4OPS/c1-22(2)32-27(24-14-8-5-9-15-24)28(25-16-10-6-11-17-25)33(23(3)4)35(32)34-21-20-30-29(36)31-26-18-12-7-13-19-26/h5-19,22-23,27-28H,20-21H2,1-4H3,(H2,30,31,36). The van der Waals surface area contributed by atoms with E-state index in [-0.39, 0.29) is 12.1 Å². The van der Waals surface area contributed by atoms with Gasteiger partial charge in [-0.3, -0.25) is 0 Å². The lowest BCUT2D eigenvalue weighted by molar-refractivity contribution is 0.227. The van der Waals surface area contributed by atoms with Crippen molar-refractivity contribution in [2.75, 3.05) is 18.5 Å². The largest absolute Gasteiger partial charge is 0.360 e. The first-order valence-electron chi connectivity index (χ1n) is 12.7. The van der Waals surface area contributed by atoms with Crippen LogP contribution in [0.4, 0.5) is 5.69 Å². The molecule has 2 unspecified atom stereocenters. The van der Waals surface area contributed by atoms with Crippen molar-refractivity contribution in [1.29, 1.82) is 0 Å². The zero-order valence-electron chi connectivity index (χ0n) is 21.5. The van der Waals surface area contributed by atoms with Crippen molar-refractivity contribution < 1.29 is 4.52 Å². The normalized spacial score (nSPS) is 20.7. The zero-order chi connectivity index (χ0) is 25.5. The summed E-state index contributed by atoms with van der Waals surface area (Å²) in [6.07, 6.45) is 0. The van der Waals surface area contributed by atoms with Gasteiger partial charge in [0, 0.05) is 24.3 Å². The summed E-state index contributed by atoms with van der Waals surface area (Å²) >= 11 is 5.49. The van der Waals surface area contributed by atoms with Gasteiger partial charge in [0.25, 0.3) is 0 Å². The van der Waals surface area contributed by atoms with E-state index in [1.54, 1.807) is 0 Å². The van der Waals surface area contributed by atoms with E-state index < -0.39 is 8.45 Å². The second-order valence-corrected chi connectivity index (χ2v) is 11.6. The highest BCUT2D eigenvalue weighted by Gasteiger charge is 2.51. The molecule has 2 atom stereocenters. The third kappa shape index (κ3) is 6.31. The van der Waals surface area contributed by atoms with Crippen LogP contribution < -0.4 is 10.6 Å². The molecule has 1 fully saturated rings. The zero-order valence-corrected chi connectivity index (χ0v) is 23.3. The van der Waals surface area contributed by atoms with Gasteiger partial charge in [-0.15, -0.1) is 0 Å². The lowest BCUT2D eigenvalue weighted by Gasteiger charge is -2.34. The van der Waals surface area contributed by atoms with Gasteiger partial charge in [0.15, 0.2) is 13.6 Å². The van der Waals surface area contributed by atoms with Gasteiger partial charge in [0.05, 0.1) is 18.7 Å². The Labute approximate surface area is 222 Å². The summed E-state index contributed by atoms with van der Waals surface area (Å²) in [7, 11) is -0.993. The highest BCUT2D eigenvalue weighted by atomic mass is 32.1. The summed E-state index contributed by atoms with van der Waals surface area (Å²) in [5.74, 6) is 0. The molecule has 36 heavy (non-hydrogen) atoms. The summed E-state index contributed by atoms with van der Waals surface area (Å²) in [6.45, 7) is 10.3. The van der Waals surface area contributed by atoms with Crippen LogP contribution in [0.1, 0.15) is 50.9 Å². The van der Waals surface area contributed by atoms with Crippen LogP contribution in [0.3, 0.4) is 0 Å². The van der Waals surface area contributed by atoms with E-state index in [2.05, 4.69) is 108 Å². The first-order chi connectivity index (χ1) is 17.5. The average Bonchev–Trinajstić information content (AvgIpc) is 3.24. The fourth-order valence-corrected chi connectivity index (χ4v) is 7.47. The number of hydrogen-bond donors (Lipinski definition) is 2. The summed E-state index contributed by atoms with van der Waals surface area (Å²) in [6, 6.07) is 32.8. The summed E-state index contributed by atoms with van der Waals surface area (Å²) in [5, 5.41) is 7.13. The predicted molar refractivity (Wildman–Crippen MR) is 156 cm³/mol. The van der Waals surface area contributed by atoms with Crippen molar-refractivity contribution in [2.24, 2.45) is 0 Å². The maximum absolute atomic E-state index is 6.72. The van der Waals surface area contributed by atoms with E-state index in [0.29, 0.717) is 30.3 Å². The van der Waals surface area contributed by atoms with Gasteiger partial charge in [-0.05, 0) is 63.2 Å². The van der Waals surface area contributed by atoms with Crippen LogP contribution in [-0.4, -0.2) is 39.7 Å². The maximum atomic E-state index is 6.72. The topological polar surface area (TPSA) is 39.8 Å². The SMILES string of the molecule is CC(C)N1C(c2ccccc2)C(c2ccccc2)N(C(C)C)P1OCCNC(=S)Nc1ccccc1. The van der Waals surface area contributed by atoms with E-state index in [1.807, 2.05) is 30.3 Å². The molecular weight excluding hydrogens is 483 g/mol. The summed E-state index contributed by atoms with van der Waals surface area (Å²) in [4.78, 5) is 0. The van der Waals surface area contributed by atoms with Gasteiger partial charge in [-0.1, -0.05) is 78.9 Å². The first kappa shape index (κ1) is 26.7. The van der Waals surface area contributed by atoms with Gasteiger partial charge in [-0.2, -0.15) is 0 Å². The molecular formula is C29H37N4OPS. The number of nitrogens with zero attached hydrogens (tertiary/aromatic N) is 2. The van der Waals surface area contributed by atoms with Crippen LogP contribution in [-0.2, 0) is 4.52 Å². The van der Waals surface area contributed by atoms with Crippen molar-refractivity contribution in [3.8, 4) is 0 Å². The van der Waals surface area contributed by atoms with E-state index in [1.165, 1.54) is 11.1 Å². The molecule has 5 nitrogen and oxygen atoms in total. The monoisotopic (exact) mass is 520 g/mol. The molecule has 1 aliphatic rings. The maximum Gasteiger partial charge on any atom is 0.189 e. The predicted octanol–water partition coefficient (Wildman–Crippen LogP) is 7.13. The van der Waals surface area contributed by atoms with Crippen molar-refractivity contribution in [3.05, 3.63) is 102 Å². The molecule has 190 valence electrons. The molecule has 3 aromatic rings. The minimum atomic E-state index is -0.993. The van der Waals surface area contributed by atoms with E-state index in [4.69, 9.17) is 16.7 Å². The van der Waals surface area contributed by atoms with E-state index in [0.717, 1.165) is 5.69 Å². The van der Waals surface area contributed by atoms with Crippen LogP contribution in [0, 0.1) is 0 Å². The van der Waals surface area contributed by atoms with Crippen LogP contribution in [0.2, 0.25) is 0 Å². The van der Waals surface area contributed by atoms with Crippen molar-refractivity contribution >= 4 is 31.5 Å². The van der Waals surface area contributed by atoms with Gasteiger partial charge in [0.2, 0.25) is 0 Å². The number of anilines is 1.